The van der Waals surface area contributed by atoms with Crippen LogP contribution in [0.4, 0.5) is 0 Å². The zero-order chi connectivity index (χ0) is 21.1. The molecule has 0 heterocycles. The van der Waals surface area contributed by atoms with Crippen LogP contribution in [0, 0.1) is 6.42 Å². The molecule has 0 fully saturated rings. The summed E-state index contributed by atoms with van der Waals surface area (Å²) in [4.78, 5) is 0. The first-order chi connectivity index (χ1) is 14.4. The van der Waals surface area contributed by atoms with Crippen LogP contribution in [0.5, 0.6) is 0 Å². The zero-order valence-corrected chi connectivity index (χ0v) is 22.2. The van der Waals surface area contributed by atoms with E-state index in [9.17, 15) is 0 Å². The smallest absolute Gasteiger partial charge is 0.411 e. The molecule has 0 aliphatic heterocycles. The molecule has 6 nitrogen and oxygen atoms in total. The van der Waals surface area contributed by atoms with Crippen molar-refractivity contribution in [3.63, 3.8) is 0 Å². The number of rotatable bonds is 26. The molecule has 0 bridgehead atoms. The van der Waals surface area contributed by atoms with E-state index in [0.717, 1.165) is 26.1 Å². The summed E-state index contributed by atoms with van der Waals surface area (Å²) < 4.78 is 32.9. The van der Waals surface area contributed by atoms with Crippen molar-refractivity contribution in [3.05, 3.63) is 6.42 Å². The molecule has 0 aliphatic rings. The van der Waals surface area contributed by atoms with Gasteiger partial charge in [0.1, 0.15) is 0 Å². The average molecular weight is 443 g/mol. The Balaban J connectivity index is 0. The van der Waals surface area contributed by atoms with Gasteiger partial charge in [-0.05, 0) is 12.8 Å². The molecular weight excluding hydrogens is 395 g/mol. The Labute approximate surface area is 208 Å². The number of hydrogen-bond donors (Lipinski definition) is 0. The normalized spacial score (nSPS) is 11.0. The third kappa shape index (κ3) is 30.9. The summed E-state index contributed by atoms with van der Waals surface area (Å²) in [5, 5.41) is 0. The molecule has 0 aromatic heterocycles. The fourth-order valence-corrected chi connectivity index (χ4v) is 2.52. The zero-order valence-electron chi connectivity index (χ0n) is 20.2. The van der Waals surface area contributed by atoms with E-state index >= 15 is 0 Å². The summed E-state index contributed by atoms with van der Waals surface area (Å²) in [6.45, 7) is 12.2. The van der Waals surface area contributed by atoms with Crippen molar-refractivity contribution in [2.75, 3.05) is 79.3 Å². The van der Waals surface area contributed by atoms with Gasteiger partial charge in [0.2, 0.25) is 0 Å². The number of unbranched alkanes of at least 4 members (excludes halogenated alkanes) is 6. The van der Waals surface area contributed by atoms with Crippen molar-refractivity contribution in [3.8, 4) is 0 Å². The Morgan fingerprint density at radius 2 is 0.733 bits per heavy atom. The molecule has 0 saturated heterocycles. The van der Waals surface area contributed by atoms with Crippen LogP contribution in [0.2, 0.25) is 0 Å². The molecule has 0 saturated carbocycles. The van der Waals surface area contributed by atoms with E-state index < -0.39 is 0 Å². The molecule has 0 N–H and O–H groups in total. The van der Waals surface area contributed by atoms with E-state index in [1.165, 1.54) is 38.5 Å². The minimum atomic E-state index is 0. The SMILES string of the molecule is CCCCCCOCCOCCOC[CH-]COCCOCCOCCCCCC.[Na+]. The van der Waals surface area contributed by atoms with Gasteiger partial charge in [0.15, 0.2) is 0 Å². The third-order valence-electron chi connectivity index (χ3n) is 4.24. The molecule has 176 valence electrons. The average Bonchev–Trinajstić information content (AvgIpc) is 2.74. The van der Waals surface area contributed by atoms with Crippen molar-refractivity contribution < 1.29 is 58.0 Å². The molecule has 0 aromatic rings. The van der Waals surface area contributed by atoms with Gasteiger partial charge in [-0.2, -0.15) is 0 Å². The van der Waals surface area contributed by atoms with Crippen LogP contribution in [-0.2, 0) is 28.4 Å². The monoisotopic (exact) mass is 442 g/mol. The standard InChI is InChI=1S/C23H47O6.Na/c1-3-5-7-9-12-24-16-20-28-22-18-26-14-11-15-27-19-23-29-21-17-25-13-10-8-6-4-2;/h11H,3-10,12-23H2,1-2H3;/q-1;+1. The molecule has 0 amide bonds. The largest absolute Gasteiger partial charge is 1.00 e. The van der Waals surface area contributed by atoms with E-state index in [2.05, 4.69) is 13.8 Å². The van der Waals surface area contributed by atoms with Crippen LogP contribution in [0.15, 0.2) is 0 Å². The fraction of sp³-hybridized carbons (Fsp3) is 0.957. The molecule has 0 aliphatic carbocycles. The van der Waals surface area contributed by atoms with E-state index in [1.54, 1.807) is 0 Å². The second-order valence-corrected chi connectivity index (χ2v) is 7.01. The minimum absolute atomic E-state index is 0. The Bertz CT molecular complexity index is 258. The van der Waals surface area contributed by atoms with Crippen LogP contribution in [0.1, 0.15) is 65.2 Å². The van der Waals surface area contributed by atoms with Gasteiger partial charge >= 0.3 is 29.6 Å². The van der Waals surface area contributed by atoms with Gasteiger partial charge in [-0.15, -0.1) is 0 Å². The van der Waals surface area contributed by atoms with Gasteiger partial charge < -0.3 is 28.4 Å². The molecule has 0 spiro atoms. The van der Waals surface area contributed by atoms with Crippen molar-refractivity contribution in [2.45, 2.75) is 65.2 Å². The summed E-state index contributed by atoms with van der Waals surface area (Å²) in [6, 6.07) is 0. The predicted octanol–water partition coefficient (Wildman–Crippen LogP) is 1.45. The second kappa shape index (κ2) is 31.9. The predicted molar refractivity (Wildman–Crippen MR) is 117 cm³/mol. The number of ether oxygens (including phenoxy) is 6. The van der Waals surface area contributed by atoms with Gasteiger partial charge in [-0.3, -0.25) is 6.42 Å². The topological polar surface area (TPSA) is 55.4 Å². The summed E-state index contributed by atoms with van der Waals surface area (Å²) in [5.74, 6) is 0. The first-order valence-electron chi connectivity index (χ1n) is 11.7. The molecule has 30 heavy (non-hydrogen) atoms. The molecule has 7 heteroatoms. The van der Waals surface area contributed by atoms with E-state index in [1.807, 2.05) is 6.42 Å². The molecule has 0 aromatic carbocycles. The molecule has 0 radical (unpaired) electrons. The third-order valence-corrected chi connectivity index (χ3v) is 4.24. The van der Waals surface area contributed by atoms with Crippen LogP contribution in [0.25, 0.3) is 0 Å². The fourth-order valence-electron chi connectivity index (χ4n) is 2.52. The first-order valence-corrected chi connectivity index (χ1v) is 11.7. The second-order valence-electron chi connectivity index (χ2n) is 7.01. The quantitative estimate of drug-likeness (QED) is 0.115. The van der Waals surface area contributed by atoms with E-state index in [-0.39, 0.29) is 29.6 Å². The first kappa shape index (κ1) is 32.9. The van der Waals surface area contributed by atoms with Gasteiger partial charge in [-0.25, -0.2) is 0 Å². The Kier molecular flexibility index (Phi) is 35.1. The van der Waals surface area contributed by atoms with Gasteiger partial charge in [0.25, 0.3) is 0 Å². The molecule has 0 unspecified atom stereocenters. The summed E-state index contributed by atoms with van der Waals surface area (Å²) in [7, 11) is 0. The maximum Gasteiger partial charge on any atom is 1.00 e. The maximum atomic E-state index is 5.51. The van der Waals surface area contributed by atoms with Crippen molar-refractivity contribution in [1.82, 2.24) is 0 Å². The van der Waals surface area contributed by atoms with Crippen molar-refractivity contribution >= 4 is 0 Å². The van der Waals surface area contributed by atoms with Gasteiger partial charge in [0.05, 0.1) is 52.9 Å². The van der Waals surface area contributed by atoms with Crippen LogP contribution in [-0.4, -0.2) is 79.3 Å². The van der Waals surface area contributed by atoms with E-state index in [0.29, 0.717) is 66.1 Å². The van der Waals surface area contributed by atoms with E-state index in [4.69, 9.17) is 28.4 Å². The summed E-state index contributed by atoms with van der Waals surface area (Å²) >= 11 is 0. The molecule has 0 rings (SSSR count). The maximum absolute atomic E-state index is 5.51. The van der Waals surface area contributed by atoms with Crippen LogP contribution in [0.3, 0.4) is 0 Å². The molecule has 0 atom stereocenters. The van der Waals surface area contributed by atoms with Gasteiger partial charge in [-0.1, -0.05) is 65.6 Å². The Morgan fingerprint density at radius 1 is 0.400 bits per heavy atom. The minimum Gasteiger partial charge on any atom is -0.411 e. The Morgan fingerprint density at radius 3 is 1.10 bits per heavy atom. The van der Waals surface area contributed by atoms with Crippen LogP contribution < -0.4 is 29.6 Å². The summed E-state index contributed by atoms with van der Waals surface area (Å²) in [5.41, 5.74) is 0. The number of hydrogen-bond acceptors (Lipinski definition) is 6. The van der Waals surface area contributed by atoms with Crippen molar-refractivity contribution in [2.24, 2.45) is 0 Å². The Hall–Kier alpha value is 0.760. The van der Waals surface area contributed by atoms with Crippen molar-refractivity contribution in [1.29, 1.82) is 0 Å². The van der Waals surface area contributed by atoms with Gasteiger partial charge in [0, 0.05) is 13.2 Å². The van der Waals surface area contributed by atoms with Crippen LogP contribution >= 0.6 is 0 Å². The molecular formula is C23H47NaO6. The summed E-state index contributed by atoms with van der Waals surface area (Å²) in [6.07, 6.45) is 11.9.